The molecule has 18 heavy (non-hydrogen) atoms. The molecule has 1 aromatic carbocycles. The van der Waals surface area contributed by atoms with E-state index in [1.807, 2.05) is 0 Å². The second-order valence-electron chi connectivity index (χ2n) is 5.37. The summed E-state index contributed by atoms with van der Waals surface area (Å²) < 4.78 is 38.0. The van der Waals surface area contributed by atoms with Gasteiger partial charge in [0.2, 0.25) is 0 Å². The largest absolute Gasteiger partial charge is 0.416 e. The highest BCUT2D eigenvalue weighted by Gasteiger charge is 2.34. The van der Waals surface area contributed by atoms with E-state index in [-0.39, 0.29) is 0 Å². The van der Waals surface area contributed by atoms with Gasteiger partial charge in [-0.25, -0.2) is 0 Å². The summed E-state index contributed by atoms with van der Waals surface area (Å²) in [5.74, 6) is 0.509. The number of hydrogen-bond donors (Lipinski definition) is 1. The highest BCUT2D eigenvalue weighted by Crippen LogP contribution is 2.39. The molecule has 2 aliphatic rings. The molecule has 2 atom stereocenters. The first kappa shape index (κ1) is 11.9. The van der Waals surface area contributed by atoms with Crippen LogP contribution in [0.2, 0.25) is 0 Å². The summed E-state index contributed by atoms with van der Waals surface area (Å²) in [6.45, 7) is 0. The lowest BCUT2D eigenvalue weighted by molar-refractivity contribution is -0.137. The van der Waals surface area contributed by atoms with Crippen molar-refractivity contribution in [1.29, 1.82) is 0 Å². The first-order valence-corrected chi connectivity index (χ1v) is 6.51. The quantitative estimate of drug-likeness (QED) is 0.731. The van der Waals surface area contributed by atoms with E-state index in [1.54, 1.807) is 6.07 Å². The monoisotopic (exact) mass is 255 g/mol. The van der Waals surface area contributed by atoms with Crippen LogP contribution in [0.1, 0.15) is 36.8 Å². The molecule has 0 radical (unpaired) electrons. The molecule has 0 bridgehead atoms. The van der Waals surface area contributed by atoms with Crippen LogP contribution in [0.5, 0.6) is 0 Å². The van der Waals surface area contributed by atoms with E-state index in [9.17, 15) is 13.2 Å². The lowest BCUT2D eigenvalue weighted by atomic mass is 9.77. The van der Waals surface area contributed by atoms with Gasteiger partial charge >= 0.3 is 6.18 Å². The minimum atomic E-state index is -4.24. The van der Waals surface area contributed by atoms with Crippen LogP contribution in [0.3, 0.4) is 0 Å². The van der Waals surface area contributed by atoms with Gasteiger partial charge in [0.1, 0.15) is 0 Å². The molecule has 1 aliphatic carbocycles. The van der Waals surface area contributed by atoms with E-state index in [4.69, 9.17) is 0 Å². The summed E-state index contributed by atoms with van der Waals surface area (Å²) in [6.07, 6.45) is 1.26. The summed E-state index contributed by atoms with van der Waals surface area (Å²) in [7, 11) is 0. The van der Waals surface area contributed by atoms with Crippen LogP contribution in [0.15, 0.2) is 18.2 Å². The number of alkyl halides is 3. The average Bonchev–Trinajstić information content (AvgIpc) is 2.34. The minimum absolute atomic E-state index is 0.461. The second kappa shape index (κ2) is 4.18. The first-order chi connectivity index (χ1) is 8.54. The Kier molecular flexibility index (Phi) is 2.76. The summed E-state index contributed by atoms with van der Waals surface area (Å²) in [4.78, 5) is 0. The number of anilines is 1. The van der Waals surface area contributed by atoms with E-state index in [1.165, 1.54) is 25.0 Å². The molecule has 0 spiro atoms. The van der Waals surface area contributed by atoms with Gasteiger partial charge in [0, 0.05) is 11.7 Å². The molecular formula is C14H16F3N. The smallest absolute Gasteiger partial charge is 0.382 e. The van der Waals surface area contributed by atoms with Crippen molar-refractivity contribution in [3.63, 3.8) is 0 Å². The molecule has 1 N–H and O–H groups in total. The van der Waals surface area contributed by atoms with Crippen LogP contribution >= 0.6 is 0 Å². The fourth-order valence-corrected chi connectivity index (χ4v) is 3.20. The number of nitrogens with one attached hydrogen (secondary N) is 1. The fraction of sp³-hybridized carbons (Fsp3) is 0.571. The molecule has 1 aliphatic heterocycles. The van der Waals surface area contributed by atoms with Crippen molar-refractivity contribution in [2.45, 2.75) is 44.3 Å². The van der Waals surface area contributed by atoms with Crippen molar-refractivity contribution in [3.05, 3.63) is 29.3 Å². The third-order valence-electron chi connectivity index (χ3n) is 4.16. The van der Waals surface area contributed by atoms with Crippen molar-refractivity contribution in [3.8, 4) is 0 Å². The predicted molar refractivity (Wildman–Crippen MR) is 64.5 cm³/mol. The number of rotatable bonds is 0. The van der Waals surface area contributed by atoms with Crippen LogP contribution in [-0.2, 0) is 12.6 Å². The normalized spacial score (nSPS) is 27.1. The molecule has 1 fully saturated rings. The average molecular weight is 255 g/mol. The van der Waals surface area contributed by atoms with Gasteiger partial charge in [-0.05, 0) is 48.9 Å². The maximum Gasteiger partial charge on any atom is 0.416 e. The van der Waals surface area contributed by atoms with E-state index in [0.29, 0.717) is 12.0 Å². The summed E-state index contributed by atoms with van der Waals surface area (Å²) in [6, 6.07) is 4.54. The van der Waals surface area contributed by atoms with Crippen molar-refractivity contribution in [1.82, 2.24) is 0 Å². The van der Waals surface area contributed by atoms with Crippen LogP contribution < -0.4 is 5.32 Å². The van der Waals surface area contributed by atoms with Gasteiger partial charge in [0.25, 0.3) is 0 Å². The third kappa shape index (κ3) is 2.08. The molecule has 0 amide bonds. The summed E-state index contributed by atoms with van der Waals surface area (Å²) in [5.41, 5.74) is 1.19. The Morgan fingerprint density at radius 1 is 1.11 bits per heavy atom. The molecular weight excluding hydrogens is 239 g/mol. The first-order valence-electron chi connectivity index (χ1n) is 6.51. The molecule has 98 valence electrons. The maximum atomic E-state index is 12.7. The highest BCUT2D eigenvalue weighted by atomic mass is 19.4. The molecule has 1 aromatic rings. The zero-order valence-electron chi connectivity index (χ0n) is 10.1. The Morgan fingerprint density at radius 3 is 2.67 bits per heavy atom. The van der Waals surface area contributed by atoms with Crippen molar-refractivity contribution < 1.29 is 13.2 Å². The predicted octanol–water partition coefficient (Wildman–Crippen LogP) is 4.23. The molecule has 1 saturated carbocycles. The number of hydrogen-bond acceptors (Lipinski definition) is 1. The number of fused-ring (bicyclic) bond motifs is 2. The van der Waals surface area contributed by atoms with Gasteiger partial charge in [-0.1, -0.05) is 12.8 Å². The zero-order valence-corrected chi connectivity index (χ0v) is 10.1. The van der Waals surface area contributed by atoms with Crippen LogP contribution in [0.25, 0.3) is 0 Å². The summed E-state index contributed by atoms with van der Waals surface area (Å²) >= 11 is 0. The topological polar surface area (TPSA) is 12.0 Å². The Labute approximate surface area is 104 Å². The third-order valence-corrected chi connectivity index (χ3v) is 4.16. The molecule has 3 rings (SSSR count). The minimum Gasteiger partial charge on any atom is -0.382 e. The molecule has 2 unspecified atom stereocenters. The molecule has 1 nitrogen and oxygen atoms in total. The van der Waals surface area contributed by atoms with Gasteiger partial charge in [-0.2, -0.15) is 13.2 Å². The van der Waals surface area contributed by atoms with Crippen LogP contribution in [-0.4, -0.2) is 6.04 Å². The Bertz CT molecular complexity index is 453. The molecule has 4 heteroatoms. The summed E-state index contributed by atoms with van der Waals surface area (Å²) in [5, 5.41) is 3.41. The molecule has 0 aromatic heterocycles. The Hall–Kier alpha value is -1.19. The Balaban J connectivity index is 1.91. The lowest BCUT2D eigenvalue weighted by Gasteiger charge is -2.38. The van der Waals surface area contributed by atoms with Crippen molar-refractivity contribution in [2.75, 3.05) is 5.32 Å². The standard InChI is InChI=1S/C14H16F3N/c15-14(16,17)11-5-6-13-10(8-11)7-9-3-1-2-4-12(9)18-13/h5-6,8-9,12,18H,1-4,7H2. The zero-order chi connectivity index (χ0) is 12.8. The van der Waals surface area contributed by atoms with Crippen LogP contribution in [0, 0.1) is 5.92 Å². The van der Waals surface area contributed by atoms with Gasteiger partial charge in [0.05, 0.1) is 5.56 Å². The van der Waals surface area contributed by atoms with Gasteiger partial charge in [-0.15, -0.1) is 0 Å². The van der Waals surface area contributed by atoms with Crippen LogP contribution in [0.4, 0.5) is 18.9 Å². The van der Waals surface area contributed by atoms with E-state index < -0.39 is 11.7 Å². The number of halogens is 3. The molecule has 1 heterocycles. The fourth-order valence-electron chi connectivity index (χ4n) is 3.20. The van der Waals surface area contributed by atoms with Crippen molar-refractivity contribution in [2.24, 2.45) is 5.92 Å². The second-order valence-corrected chi connectivity index (χ2v) is 5.37. The van der Waals surface area contributed by atoms with E-state index >= 15 is 0 Å². The van der Waals surface area contributed by atoms with Gasteiger partial charge < -0.3 is 5.32 Å². The van der Waals surface area contributed by atoms with E-state index in [0.717, 1.165) is 30.5 Å². The number of benzene rings is 1. The lowest BCUT2D eigenvalue weighted by Crippen LogP contribution is -2.37. The SMILES string of the molecule is FC(F)(F)c1ccc2c(c1)CC1CCCCC1N2. The highest BCUT2D eigenvalue weighted by molar-refractivity contribution is 5.56. The maximum absolute atomic E-state index is 12.7. The van der Waals surface area contributed by atoms with Crippen molar-refractivity contribution >= 4 is 5.69 Å². The van der Waals surface area contributed by atoms with Gasteiger partial charge in [-0.3, -0.25) is 0 Å². The van der Waals surface area contributed by atoms with E-state index in [2.05, 4.69) is 5.32 Å². The molecule has 0 saturated heterocycles. The van der Waals surface area contributed by atoms with Gasteiger partial charge in [0.15, 0.2) is 0 Å². The Morgan fingerprint density at radius 2 is 1.89 bits per heavy atom.